The summed E-state index contributed by atoms with van der Waals surface area (Å²) in [5, 5.41) is 12.6. The molecule has 3 heteroatoms. The average Bonchev–Trinajstić information content (AvgIpc) is 2.50. The molecule has 2 aromatic rings. The monoisotopic (exact) mass is 311 g/mol. The highest BCUT2D eigenvalue weighted by Gasteiger charge is 2.15. The minimum absolute atomic E-state index is 0.0788. The number of phenols is 1. The van der Waals surface area contributed by atoms with Crippen LogP contribution in [-0.4, -0.2) is 11.0 Å². The van der Waals surface area contributed by atoms with Crippen LogP contribution in [0.1, 0.15) is 43.4 Å². The highest BCUT2D eigenvalue weighted by molar-refractivity contribution is 5.95. The molecule has 0 unspecified atom stereocenters. The van der Waals surface area contributed by atoms with Crippen LogP contribution < -0.4 is 5.32 Å². The Morgan fingerprint density at radius 3 is 2.30 bits per heavy atom. The van der Waals surface area contributed by atoms with Crippen LogP contribution in [0.25, 0.3) is 0 Å². The van der Waals surface area contributed by atoms with E-state index in [0.717, 1.165) is 17.5 Å². The van der Waals surface area contributed by atoms with E-state index in [1.54, 1.807) is 18.2 Å². The molecule has 0 radical (unpaired) electrons. The van der Waals surface area contributed by atoms with Gasteiger partial charge in [-0.2, -0.15) is 0 Å². The third-order valence-electron chi connectivity index (χ3n) is 3.99. The predicted octanol–water partition coefficient (Wildman–Crippen LogP) is 4.64. The summed E-state index contributed by atoms with van der Waals surface area (Å²) in [4.78, 5) is 12.4. The summed E-state index contributed by atoms with van der Waals surface area (Å²) in [6, 6.07) is 13.4. The van der Waals surface area contributed by atoms with Gasteiger partial charge >= 0.3 is 0 Å². The van der Waals surface area contributed by atoms with Gasteiger partial charge in [-0.3, -0.25) is 4.79 Å². The summed E-state index contributed by atoms with van der Waals surface area (Å²) in [5.74, 6) is 0.487. The lowest BCUT2D eigenvalue weighted by molar-refractivity contribution is -0.117. The van der Waals surface area contributed by atoms with Gasteiger partial charge in [0.25, 0.3) is 0 Å². The van der Waals surface area contributed by atoms with Crippen LogP contribution in [0.2, 0.25) is 0 Å². The number of hydrogen-bond acceptors (Lipinski definition) is 2. The van der Waals surface area contributed by atoms with Gasteiger partial charge in [0.15, 0.2) is 0 Å². The maximum atomic E-state index is 12.4. The average molecular weight is 311 g/mol. The molecule has 1 amide bonds. The first-order valence-corrected chi connectivity index (χ1v) is 8.06. The Kier molecular flexibility index (Phi) is 5.43. The molecular formula is C20H25NO2. The molecule has 2 N–H and O–H groups in total. The van der Waals surface area contributed by atoms with Crippen molar-refractivity contribution in [1.82, 2.24) is 0 Å². The van der Waals surface area contributed by atoms with Crippen LogP contribution in [-0.2, 0) is 11.2 Å². The molecule has 0 aliphatic carbocycles. The molecule has 0 fully saturated rings. The number of carbonyl (C=O) groups is 1. The van der Waals surface area contributed by atoms with Crippen molar-refractivity contribution in [3.63, 3.8) is 0 Å². The Morgan fingerprint density at radius 2 is 1.74 bits per heavy atom. The van der Waals surface area contributed by atoms with Crippen molar-refractivity contribution in [2.75, 3.05) is 5.32 Å². The smallest absolute Gasteiger partial charge is 0.231 e. The molecule has 0 aliphatic heterocycles. The van der Waals surface area contributed by atoms with Gasteiger partial charge in [-0.25, -0.2) is 0 Å². The fourth-order valence-corrected chi connectivity index (χ4v) is 2.50. The first-order valence-electron chi connectivity index (χ1n) is 8.06. The molecule has 1 atom stereocenters. The zero-order chi connectivity index (χ0) is 17.0. The molecule has 122 valence electrons. The van der Waals surface area contributed by atoms with Crippen LogP contribution in [0.3, 0.4) is 0 Å². The second-order valence-electron chi connectivity index (χ2n) is 6.55. The summed E-state index contributed by atoms with van der Waals surface area (Å²) < 4.78 is 0. The zero-order valence-electron chi connectivity index (χ0n) is 14.3. The number of phenolic OH excluding ortho intramolecular Hbond substituents is 1. The highest BCUT2D eigenvalue weighted by Crippen LogP contribution is 2.23. The van der Waals surface area contributed by atoms with Gasteiger partial charge in [0.05, 0.1) is 5.92 Å². The van der Waals surface area contributed by atoms with Gasteiger partial charge in [-0.05, 0) is 48.9 Å². The second-order valence-corrected chi connectivity index (χ2v) is 6.55. The van der Waals surface area contributed by atoms with E-state index in [4.69, 9.17) is 0 Å². The molecule has 2 rings (SSSR count). The van der Waals surface area contributed by atoms with Crippen molar-refractivity contribution in [3.05, 3.63) is 59.2 Å². The number of aryl methyl sites for hydroxylation is 1. The highest BCUT2D eigenvalue weighted by atomic mass is 16.3. The number of rotatable bonds is 5. The molecule has 23 heavy (non-hydrogen) atoms. The molecule has 0 saturated carbocycles. The molecule has 3 nitrogen and oxygen atoms in total. The topological polar surface area (TPSA) is 49.3 Å². The number of amides is 1. The van der Waals surface area contributed by atoms with Gasteiger partial charge in [-0.1, -0.05) is 44.2 Å². The minimum Gasteiger partial charge on any atom is -0.508 e. The Hall–Kier alpha value is -2.29. The lowest BCUT2D eigenvalue weighted by atomic mass is 9.96. The lowest BCUT2D eigenvalue weighted by Gasteiger charge is -2.14. The molecule has 0 heterocycles. The quantitative estimate of drug-likeness (QED) is 0.845. The van der Waals surface area contributed by atoms with Gasteiger partial charge in [0.2, 0.25) is 5.91 Å². The van der Waals surface area contributed by atoms with E-state index in [1.165, 1.54) is 5.56 Å². The molecule has 0 saturated heterocycles. The Balaban J connectivity index is 2.05. The Morgan fingerprint density at radius 1 is 1.09 bits per heavy atom. The van der Waals surface area contributed by atoms with Crippen LogP contribution in [0, 0.1) is 12.8 Å². The number of hydrogen-bond donors (Lipinski definition) is 2. The minimum atomic E-state index is -0.244. The van der Waals surface area contributed by atoms with E-state index in [9.17, 15) is 9.90 Å². The van der Waals surface area contributed by atoms with Crippen LogP contribution >= 0.6 is 0 Å². The van der Waals surface area contributed by atoms with Crippen molar-refractivity contribution in [2.24, 2.45) is 5.92 Å². The maximum Gasteiger partial charge on any atom is 0.231 e. The number of benzene rings is 2. The lowest BCUT2D eigenvalue weighted by Crippen LogP contribution is -2.18. The third-order valence-corrected chi connectivity index (χ3v) is 3.99. The fraction of sp³-hybridized carbons (Fsp3) is 0.350. The molecule has 0 aromatic heterocycles. The predicted molar refractivity (Wildman–Crippen MR) is 94.9 cm³/mol. The van der Waals surface area contributed by atoms with E-state index >= 15 is 0 Å². The molecule has 0 spiro atoms. The third kappa shape index (κ3) is 4.59. The Labute approximate surface area is 138 Å². The first-order chi connectivity index (χ1) is 10.9. The van der Waals surface area contributed by atoms with Crippen molar-refractivity contribution in [3.8, 4) is 5.75 Å². The van der Waals surface area contributed by atoms with E-state index in [2.05, 4.69) is 31.3 Å². The van der Waals surface area contributed by atoms with Crippen LogP contribution in [0.15, 0.2) is 42.5 Å². The van der Waals surface area contributed by atoms with Gasteiger partial charge in [0.1, 0.15) is 5.75 Å². The van der Waals surface area contributed by atoms with Crippen LogP contribution in [0.5, 0.6) is 5.75 Å². The molecule has 0 aliphatic rings. The van der Waals surface area contributed by atoms with Crippen molar-refractivity contribution >= 4 is 11.6 Å². The molecule has 0 bridgehead atoms. The Bertz CT molecular complexity index is 675. The van der Waals surface area contributed by atoms with E-state index in [-0.39, 0.29) is 17.6 Å². The number of aromatic hydroxyl groups is 1. The van der Waals surface area contributed by atoms with Crippen molar-refractivity contribution in [2.45, 2.75) is 40.0 Å². The first kappa shape index (κ1) is 17.1. The maximum absolute atomic E-state index is 12.4. The second kappa shape index (κ2) is 7.32. The van der Waals surface area contributed by atoms with E-state index in [1.807, 2.05) is 26.0 Å². The summed E-state index contributed by atoms with van der Waals surface area (Å²) in [6.07, 6.45) is 1.05. The standard InChI is InChI=1S/C20H25NO2/c1-13(2)11-16-6-8-17(9-7-16)15(4)20(23)21-18-10-5-14(3)19(22)12-18/h5-10,12-13,15,22H,11H2,1-4H3,(H,21,23)/t15-/m0/s1. The van der Waals surface area contributed by atoms with Gasteiger partial charge in [0, 0.05) is 11.8 Å². The number of anilines is 1. The summed E-state index contributed by atoms with van der Waals surface area (Å²) in [7, 11) is 0. The molecule has 2 aromatic carbocycles. The largest absolute Gasteiger partial charge is 0.508 e. The summed E-state index contributed by atoms with van der Waals surface area (Å²) in [6.45, 7) is 8.10. The molecular weight excluding hydrogens is 286 g/mol. The number of carbonyl (C=O) groups excluding carboxylic acids is 1. The van der Waals surface area contributed by atoms with Crippen molar-refractivity contribution in [1.29, 1.82) is 0 Å². The SMILES string of the molecule is Cc1ccc(NC(=O)[C@@H](C)c2ccc(CC(C)C)cc2)cc1O. The fourth-order valence-electron chi connectivity index (χ4n) is 2.50. The zero-order valence-corrected chi connectivity index (χ0v) is 14.3. The van der Waals surface area contributed by atoms with Gasteiger partial charge < -0.3 is 10.4 Å². The van der Waals surface area contributed by atoms with E-state index in [0.29, 0.717) is 11.6 Å². The summed E-state index contributed by atoms with van der Waals surface area (Å²) in [5.41, 5.74) is 3.68. The summed E-state index contributed by atoms with van der Waals surface area (Å²) >= 11 is 0. The van der Waals surface area contributed by atoms with E-state index < -0.39 is 0 Å². The normalized spacial score (nSPS) is 12.2. The number of nitrogens with one attached hydrogen (secondary N) is 1. The van der Waals surface area contributed by atoms with Crippen molar-refractivity contribution < 1.29 is 9.90 Å². The van der Waals surface area contributed by atoms with Gasteiger partial charge in [-0.15, -0.1) is 0 Å². The van der Waals surface area contributed by atoms with Crippen LogP contribution in [0.4, 0.5) is 5.69 Å².